The fraction of sp³-hybridized carbons (Fsp3) is 0.778. The minimum atomic E-state index is -0.624. The molecule has 2 heterocycles. The zero-order chi connectivity index (χ0) is 10.2. The maximum absolute atomic E-state index is 11.5. The van der Waals surface area contributed by atoms with Gasteiger partial charge in [-0.1, -0.05) is 0 Å². The summed E-state index contributed by atoms with van der Waals surface area (Å²) in [5, 5.41) is 2.79. The molecule has 1 fully saturated rings. The average molecular weight is 214 g/mol. The monoisotopic (exact) mass is 214 g/mol. The van der Waals surface area contributed by atoms with Crippen LogP contribution in [0.3, 0.4) is 0 Å². The van der Waals surface area contributed by atoms with Gasteiger partial charge in [-0.15, -0.1) is 0 Å². The van der Waals surface area contributed by atoms with Gasteiger partial charge in [0.15, 0.2) is 0 Å². The third-order valence-corrected chi connectivity index (χ3v) is 3.31. The van der Waals surface area contributed by atoms with E-state index in [-0.39, 0.29) is 12.0 Å². The van der Waals surface area contributed by atoms with Gasteiger partial charge in [0.1, 0.15) is 17.5 Å². The first-order chi connectivity index (χ1) is 6.59. The molecule has 1 saturated heterocycles. The van der Waals surface area contributed by atoms with E-state index in [2.05, 4.69) is 10.3 Å². The van der Waals surface area contributed by atoms with E-state index in [0.29, 0.717) is 5.84 Å². The largest absolute Gasteiger partial charge is 0.369 e. The first kappa shape index (κ1) is 9.98. The highest BCUT2D eigenvalue weighted by Gasteiger charge is 2.37. The first-order valence-electron chi connectivity index (χ1n) is 4.70. The summed E-state index contributed by atoms with van der Waals surface area (Å²) in [7, 11) is 0. The van der Waals surface area contributed by atoms with Gasteiger partial charge in [-0.3, -0.25) is 9.79 Å². The molecule has 78 valence electrons. The molecular formula is C9H14N2O2S. The molecule has 1 N–H and O–H groups in total. The number of aliphatic imine (C=N–C) groups is 1. The van der Waals surface area contributed by atoms with Crippen molar-refractivity contribution in [1.82, 2.24) is 5.32 Å². The van der Waals surface area contributed by atoms with Crippen LogP contribution in [0, 0.1) is 0 Å². The summed E-state index contributed by atoms with van der Waals surface area (Å²) >= 11 is 1.83. The lowest BCUT2D eigenvalue weighted by molar-refractivity contribution is -0.122. The van der Waals surface area contributed by atoms with Gasteiger partial charge in [-0.05, 0) is 13.8 Å². The number of hydrogen-bond donors (Lipinski definition) is 1. The third kappa shape index (κ3) is 1.79. The van der Waals surface area contributed by atoms with Gasteiger partial charge in [0.2, 0.25) is 0 Å². The molecule has 5 heteroatoms. The van der Waals surface area contributed by atoms with Crippen molar-refractivity contribution in [3.05, 3.63) is 0 Å². The Morgan fingerprint density at radius 3 is 2.93 bits per heavy atom. The molecular weight excluding hydrogens is 200 g/mol. The molecule has 14 heavy (non-hydrogen) atoms. The number of carbonyl (C=O) groups excluding carboxylic acids is 1. The van der Waals surface area contributed by atoms with Gasteiger partial charge in [0, 0.05) is 11.5 Å². The Labute approximate surface area is 87.5 Å². The molecule has 0 aromatic carbocycles. The molecule has 1 amide bonds. The van der Waals surface area contributed by atoms with E-state index >= 15 is 0 Å². The van der Waals surface area contributed by atoms with Crippen LogP contribution in [0.15, 0.2) is 4.99 Å². The topological polar surface area (TPSA) is 50.7 Å². The summed E-state index contributed by atoms with van der Waals surface area (Å²) in [6, 6.07) is 0. The quantitative estimate of drug-likeness (QED) is 0.688. The first-order valence-corrected chi connectivity index (χ1v) is 5.85. The van der Waals surface area contributed by atoms with Crippen LogP contribution in [0.4, 0.5) is 0 Å². The molecule has 2 rings (SSSR count). The molecule has 0 aliphatic carbocycles. The van der Waals surface area contributed by atoms with Crippen molar-refractivity contribution in [2.75, 3.05) is 18.1 Å². The highest BCUT2D eigenvalue weighted by molar-refractivity contribution is 7.99. The van der Waals surface area contributed by atoms with Crippen molar-refractivity contribution in [3.63, 3.8) is 0 Å². The van der Waals surface area contributed by atoms with E-state index in [1.165, 1.54) is 0 Å². The van der Waals surface area contributed by atoms with Crippen LogP contribution < -0.4 is 5.32 Å². The summed E-state index contributed by atoms with van der Waals surface area (Å²) in [6.45, 7) is 4.36. The number of ether oxygens (including phenoxy) is 1. The maximum atomic E-state index is 11.5. The number of thioether (sulfide) groups is 1. The highest BCUT2D eigenvalue weighted by atomic mass is 32.2. The van der Waals surface area contributed by atoms with Gasteiger partial charge >= 0.3 is 0 Å². The van der Waals surface area contributed by atoms with E-state index in [0.717, 1.165) is 18.1 Å². The molecule has 1 unspecified atom stereocenters. The SMILES string of the molecule is CC1(C)N=C(C2CSCCO2)NC1=O. The second kappa shape index (κ2) is 3.55. The number of hydrogen-bond acceptors (Lipinski definition) is 4. The lowest BCUT2D eigenvalue weighted by atomic mass is 10.1. The van der Waals surface area contributed by atoms with Gasteiger partial charge in [-0.2, -0.15) is 11.8 Å². The average Bonchev–Trinajstić information content (AvgIpc) is 2.43. The van der Waals surface area contributed by atoms with Gasteiger partial charge in [0.25, 0.3) is 5.91 Å². The third-order valence-electron chi connectivity index (χ3n) is 2.32. The maximum Gasteiger partial charge on any atom is 0.252 e. The lowest BCUT2D eigenvalue weighted by Gasteiger charge is -2.21. The van der Waals surface area contributed by atoms with Crippen LogP contribution in [0.2, 0.25) is 0 Å². The zero-order valence-corrected chi connectivity index (χ0v) is 9.19. The minimum Gasteiger partial charge on any atom is -0.369 e. The molecule has 0 aromatic rings. The Bertz CT molecular complexity index is 283. The zero-order valence-electron chi connectivity index (χ0n) is 8.37. The van der Waals surface area contributed by atoms with Crippen LogP contribution in [0.1, 0.15) is 13.8 Å². The number of carbonyl (C=O) groups is 1. The standard InChI is InChI=1S/C9H14N2O2S/c1-9(2)8(12)10-7(11-9)6-5-14-4-3-13-6/h6H,3-5H2,1-2H3,(H,10,11,12). The van der Waals surface area contributed by atoms with E-state index in [4.69, 9.17) is 4.74 Å². The Morgan fingerprint density at radius 1 is 1.64 bits per heavy atom. The number of rotatable bonds is 1. The van der Waals surface area contributed by atoms with Crippen LogP contribution >= 0.6 is 11.8 Å². The second-order valence-electron chi connectivity index (χ2n) is 3.94. The Kier molecular flexibility index (Phi) is 2.53. The number of amides is 1. The van der Waals surface area contributed by atoms with E-state index in [9.17, 15) is 4.79 Å². The van der Waals surface area contributed by atoms with E-state index in [1.54, 1.807) is 0 Å². The number of nitrogens with zero attached hydrogens (tertiary/aromatic N) is 1. The minimum absolute atomic E-state index is 0.0283. The molecule has 0 aromatic heterocycles. The molecule has 0 radical (unpaired) electrons. The summed E-state index contributed by atoms with van der Waals surface area (Å²) < 4.78 is 5.54. The summed E-state index contributed by atoms with van der Waals surface area (Å²) in [6.07, 6.45) is -0.0283. The number of amidine groups is 1. The Balaban J connectivity index is 2.09. The van der Waals surface area contributed by atoms with Crippen LogP contribution in [-0.4, -0.2) is 41.5 Å². The molecule has 0 spiro atoms. The Morgan fingerprint density at radius 2 is 2.43 bits per heavy atom. The van der Waals surface area contributed by atoms with Crippen LogP contribution in [-0.2, 0) is 9.53 Å². The van der Waals surface area contributed by atoms with Crippen molar-refractivity contribution in [2.24, 2.45) is 4.99 Å². The van der Waals surface area contributed by atoms with Crippen LogP contribution in [0.25, 0.3) is 0 Å². The normalized spacial score (nSPS) is 31.1. The summed E-state index contributed by atoms with van der Waals surface area (Å²) in [5.41, 5.74) is -0.624. The smallest absolute Gasteiger partial charge is 0.252 e. The van der Waals surface area contributed by atoms with Gasteiger partial charge < -0.3 is 10.1 Å². The molecule has 2 aliphatic heterocycles. The van der Waals surface area contributed by atoms with Gasteiger partial charge in [-0.25, -0.2) is 0 Å². The second-order valence-corrected chi connectivity index (χ2v) is 5.09. The van der Waals surface area contributed by atoms with Crippen molar-refractivity contribution in [1.29, 1.82) is 0 Å². The van der Waals surface area contributed by atoms with Crippen molar-refractivity contribution < 1.29 is 9.53 Å². The van der Waals surface area contributed by atoms with Crippen molar-refractivity contribution in [3.8, 4) is 0 Å². The highest BCUT2D eigenvalue weighted by Crippen LogP contribution is 2.20. The summed E-state index contributed by atoms with van der Waals surface area (Å²) in [5.74, 6) is 2.58. The number of nitrogens with one attached hydrogen (secondary N) is 1. The molecule has 2 aliphatic rings. The molecule has 4 nitrogen and oxygen atoms in total. The molecule has 0 bridgehead atoms. The predicted octanol–water partition coefficient (Wildman–Crippen LogP) is 0.425. The fourth-order valence-corrected chi connectivity index (χ4v) is 2.30. The van der Waals surface area contributed by atoms with Crippen molar-refractivity contribution >= 4 is 23.5 Å². The predicted molar refractivity (Wildman–Crippen MR) is 56.7 cm³/mol. The molecule has 1 atom stereocenters. The summed E-state index contributed by atoms with van der Waals surface area (Å²) in [4.78, 5) is 15.8. The van der Waals surface area contributed by atoms with E-state index < -0.39 is 5.54 Å². The lowest BCUT2D eigenvalue weighted by Crippen LogP contribution is -2.41. The van der Waals surface area contributed by atoms with Crippen LogP contribution in [0.5, 0.6) is 0 Å². The fourth-order valence-electron chi connectivity index (χ4n) is 1.45. The van der Waals surface area contributed by atoms with Crippen molar-refractivity contribution in [2.45, 2.75) is 25.5 Å². The van der Waals surface area contributed by atoms with Gasteiger partial charge in [0.05, 0.1) is 6.61 Å². The molecule has 0 saturated carbocycles. The van der Waals surface area contributed by atoms with E-state index in [1.807, 2.05) is 25.6 Å². The Hall–Kier alpha value is -0.550.